The lowest BCUT2D eigenvalue weighted by Gasteiger charge is -2.20. The van der Waals surface area contributed by atoms with Gasteiger partial charge in [-0.25, -0.2) is 28.7 Å². The van der Waals surface area contributed by atoms with Gasteiger partial charge in [-0.15, -0.1) is 0 Å². The number of H-pyrrole nitrogens is 1. The first-order chi connectivity index (χ1) is 32.4. The molecule has 6 heterocycles. The van der Waals surface area contributed by atoms with Gasteiger partial charge in [0.2, 0.25) is 0 Å². The molecule has 0 saturated carbocycles. The summed E-state index contributed by atoms with van der Waals surface area (Å²) in [5.41, 5.74) is 1.18. The van der Waals surface area contributed by atoms with E-state index in [0.29, 0.717) is 27.3 Å². The van der Waals surface area contributed by atoms with Gasteiger partial charge in [0, 0.05) is 48.9 Å². The third-order valence-electron chi connectivity index (χ3n) is 10.2. The number of fused-ring (bicyclic) bond motifs is 4. The summed E-state index contributed by atoms with van der Waals surface area (Å²) in [5.74, 6) is -2.13. The first-order valence-electron chi connectivity index (χ1n) is 21.8. The predicted octanol–water partition coefficient (Wildman–Crippen LogP) is 10.2. The molecular formula is C46H50F8N12O3Si. The number of alkyl halides is 6. The van der Waals surface area contributed by atoms with Crippen LogP contribution in [0.1, 0.15) is 62.3 Å². The van der Waals surface area contributed by atoms with Crippen molar-refractivity contribution in [2.45, 2.75) is 110 Å². The zero-order valence-corrected chi connectivity index (χ0v) is 40.6. The lowest BCUT2D eigenvalue weighted by atomic mass is 10.1. The Balaban J connectivity index is 0.000000212. The fourth-order valence-corrected chi connectivity index (χ4v) is 7.98. The molecule has 0 aliphatic rings. The molecule has 372 valence electrons. The Hall–Kier alpha value is -6.82. The van der Waals surface area contributed by atoms with E-state index in [1.807, 2.05) is 41.5 Å². The Morgan fingerprint density at radius 1 is 0.700 bits per heavy atom. The smallest absolute Gasteiger partial charge is 0.361 e. The number of benzene rings is 2. The van der Waals surface area contributed by atoms with Crippen LogP contribution in [0.15, 0.2) is 61.2 Å². The van der Waals surface area contributed by atoms with E-state index in [-0.39, 0.29) is 85.3 Å². The Labute approximate surface area is 396 Å². The second-order valence-corrected chi connectivity index (χ2v) is 25.5. The molecule has 0 aliphatic heterocycles. The standard InChI is InChI=1S/C26H32F4N6O2Si.C20H18F4N6O/c1-25(2,3)33-24(37)18-13-35(15-38-9-10-39(4,5)6)23-22(18)32-19(12-31-23)21-17-8-7-16(27)11-20(17)36(34-21)14-26(28,29)30;1-19(2,3)28-18(31)12-7-25-17-16(12)27-13(8-26-17)15-11-5-4-10(21)6-14(11)30(29-15)9-20(22,23)24/h7-8,11-13H,9-10,14-15H2,1-6H3,(H,33,37);4-8H,9H2,1-3H3,(H,25,26)(H,28,31). The maximum absolute atomic E-state index is 13.9. The molecule has 8 aromatic rings. The zero-order chi connectivity index (χ0) is 51.3. The van der Waals surface area contributed by atoms with Gasteiger partial charge in [0.15, 0.2) is 11.3 Å². The van der Waals surface area contributed by atoms with E-state index in [1.165, 1.54) is 30.7 Å². The molecule has 0 atom stereocenters. The fourth-order valence-electron chi connectivity index (χ4n) is 7.22. The summed E-state index contributed by atoms with van der Waals surface area (Å²) in [6, 6.07) is 7.94. The van der Waals surface area contributed by atoms with Crippen LogP contribution in [-0.2, 0) is 24.6 Å². The fraction of sp³-hybridized carbons (Fsp3) is 0.391. The monoisotopic (exact) mass is 998 g/mol. The van der Waals surface area contributed by atoms with Crippen LogP contribution in [0.2, 0.25) is 25.7 Å². The van der Waals surface area contributed by atoms with Gasteiger partial charge < -0.3 is 24.9 Å². The maximum atomic E-state index is 13.9. The molecule has 3 N–H and O–H groups in total. The van der Waals surface area contributed by atoms with Crippen molar-refractivity contribution in [3.8, 4) is 22.8 Å². The van der Waals surface area contributed by atoms with E-state index in [4.69, 9.17) is 4.74 Å². The number of hydrogen-bond acceptors (Lipinski definition) is 9. The van der Waals surface area contributed by atoms with Gasteiger partial charge in [0.05, 0.1) is 34.6 Å². The Morgan fingerprint density at radius 2 is 1.19 bits per heavy atom. The van der Waals surface area contributed by atoms with Crippen LogP contribution in [0.3, 0.4) is 0 Å². The van der Waals surface area contributed by atoms with Crippen LogP contribution in [0.25, 0.3) is 66.9 Å². The molecule has 24 heteroatoms. The second kappa shape index (κ2) is 18.8. The number of halogens is 8. The number of nitrogens with zero attached hydrogens (tertiary/aromatic N) is 9. The van der Waals surface area contributed by atoms with Crippen LogP contribution in [-0.4, -0.2) is 99.0 Å². The molecule has 0 aliphatic carbocycles. The molecule has 0 saturated heterocycles. The SMILES string of the molecule is CC(C)(C)NC(=O)c1c[nH]c2ncc(-c3nn(CC(F)(F)F)c4cc(F)ccc34)nc12.CC(C)(C)NC(=O)c1cn(COCC[Si](C)(C)C)c2ncc(-c3nn(CC(F)(F)F)c4cc(F)ccc34)nc12. The lowest BCUT2D eigenvalue weighted by Crippen LogP contribution is -2.40. The van der Waals surface area contributed by atoms with Crippen molar-refractivity contribution in [2.75, 3.05) is 6.61 Å². The first kappa shape index (κ1) is 51.0. The van der Waals surface area contributed by atoms with Crippen molar-refractivity contribution >= 4 is 64.0 Å². The van der Waals surface area contributed by atoms with Crippen LogP contribution in [0, 0.1) is 11.6 Å². The first-order valence-corrected chi connectivity index (χ1v) is 25.5. The van der Waals surface area contributed by atoms with E-state index in [2.05, 4.69) is 65.4 Å². The summed E-state index contributed by atoms with van der Waals surface area (Å²) >= 11 is 0. The third-order valence-corrected chi connectivity index (χ3v) is 11.9. The number of aromatic nitrogens is 10. The van der Waals surface area contributed by atoms with Crippen molar-refractivity contribution in [2.24, 2.45) is 0 Å². The van der Waals surface area contributed by atoms with Gasteiger partial charge in [-0.2, -0.15) is 36.5 Å². The van der Waals surface area contributed by atoms with Crippen LogP contribution >= 0.6 is 0 Å². The molecular weight excluding hydrogens is 949 g/mol. The molecule has 6 aromatic heterocycles. The molecule has 15 nitrogen and oxygen atoms in total. The minimum absolute atomic E-state index is 0.0195. The number of carbonyl (C=O) groups is 2. The minimum atomic E-state index is -4.57. The average Bonchev–Trinajstić information content (AvgIpc) is 3.99. The summed E-state index contributed by atoms with van der Waals surface area (Å²) in [6.45, 7) is 15.7. The van der Waals surface area contributed by atoms with Gasteiger partial charge >= 0.3 is 12.4 Å². The van der Waals surface area contributed by atoms with Crippen molar-refractivity contribution in [3.63, 3.8) is 0 Å². The number of rotatable bonds is 11. The van der Waals surface area contributed by atoms with Crippen molar-refractivity contribution in [3.05, 3.63) is 83.9 Å². The predicted molar refractivity (Wildman–Crippen MR) is 249 cm³/mol. The summed E-state index contributed by atoms with van der Waals surface area (Å²) in [5, 5.41) is 14.5. The molecule has 2 amide bonds. The van der Waals surface area contributed by atoms with Gasteiger partial charge in [0.1, 0.15) is 65.3 Å². The van der Waals surface area contributed by atoms with Gasteiger partial charge in [-0.05, 0) is 84.0 Å². The van der Waals surface area contributed by atoms with E-state index in [9.17, 15) is 44.7 Å². The zero-order valence-electron chi connectivity index (χ0n) is 39.6. The largest absolute Gasteiger partial charge is 0.408 e. The average molecular weight is 999 g/mol. The second-order valence-electron chi connectivity index (χ2n) is 19.9. The highest BCUT2D eigenvalue weighted by Crippen LogP contribution is 2.33. The van der Waals surface area contributed by atoms with Gasteiger partial charge in [-0.3, -0.25) is 19.0 Å². The Kier molecular flexibility index (Phi) is 13.7. The number of carbonyl (C=O) groups excluding carboxylic acids is 2. The third kappa shape index (κ3) is 12.3. The molecule has 0 spiro atoms. The molecule has 70 heavy (non-hydrogen) atoms. The summed E-state index contributed by atoms with van der Waals surface area (Å²) in [7, 11) is -1.30. The highest BCUT2D eigenvalue weighted by Gasteiger charge is 2.32. The van der Waals surface area contributed by atoms with E-state index >= 15 is 0 Å². The number of amides is 2. The number of aromatic amines is 1. The lowest BCUT2D eigenvalue weighted by molar-refractivity contribution is -0.142. The highest BCUT2D eigenvalue weighted by molar-refractivity contribution is 6.76. The summed E-state index contributed by atoms with van der Waals surface area (Å²) in [4.78, 5) is 46.4. The molecule has 0 unspecified atom stereocenters. The Morgan fingerprint density at radius 3 is 1.67 bits per heavy atom. The maximum Gasteiger partial charge on any atom is 0.408 e. The number of hydrogen-bond donors (Lipinski definition) is 3. The number of ether oxygens (including phenoxy) is 1. The Bertz CT molecular complexity index is 3240. The number of nitrogens with one attached hydrogen (secondary N) is 3. The van der Waals surface area contributed by atoms with E-state index in [1.54, 1.807) is 10.8 Å². The highest BCUT2D eigenvalue weighted by atomic mass is 28.3. The van der Waals surface area contributed by atoms with Crippen molar-refractivity contribution in [1.29, 1.82) is 0 Å². The summed E-state index contributed by atoms with van der Waals surface area (Å²) < 4.78 is 115. The van der Waals surface area contributed by atoms with E-state index < -0.39 is 56.2 Å². The molecule has 0 radical (unpaired) electrons. The molecule has 2 aromatic carbocycles. The molecule has 8 rings (SSSR count). The molecule has 0 fully saturated rings. The van der Waals surface area contributed by atoms with Crippen molar-refractivity contribution in [1.82, 2.24) is 59.7 Å². The van der Waals surface area contributed by atoms with Crippen molar-refractivity contribution < 1.29 is 49.4 Å². The minimum Gasteiger partial charge on any atom is -0.361 e. The van der Waals surface area contributed by atoms with Crippen LogP contribution in [0.5, 0.6) is 0 Å². The summed E-state index contributed by atoms with van der Waals surface area (Å²) in [6.07, 6.45) is -3.31. The van der Waals surface area contributed by atoms with Crippen LogP contribution in [0.4, 0.5) is 35.1 Å². The molecule has 0 bridgehead atoms. The topological polar surface area (TPSA) is 175 Å². The normalized spacial score (nSPS) is 12.8. The van der Waals surface area contributed by atoms with Gasteiger partial charge in [0.25, 0.3) is 11.8 Å². The van der Waals surface area contributed by atoms with Crippen LogP contribution < -0.4 is 10.6 Å². The van der Waals surface area contributed by atoms with E-state index in [0.717, 1.165) is 30.3 Å². The van der Waals surface area contributed by atoms with Gasteiger partial charge in [-0.1, -0.05) is 19.6 Å². The quantitative estimate of drug-likeness (QED) is 0.0647.